The fourth-order valence-corrected chi connectivity index (χ4v) is 4.59. The van der Waals surface area contributed by atoms with Gasteiger partial charge in [0.2, 0.25) is 5.91 Å². The second-order valence-corrected chi connectivity index (χ2v) is 8.63. The van der Waals surface area contributed by atoms with Gasteiger partial charge in [-0.3, -0.25) is 4.79 Å². The number of hydrogen-bond donors (Lipinski definition) is 2. The fraction of sp³-hybridized carbons (Fsp3) is 0.440. The van der Waals surface area contributed by atoms with Crippen LogP contribution in [0, 0.1) is 13.8 Å². The molecular weight excluding hydrogens is 374 g/mol. The van der Waals surface area contributed by atoms with Crippen LogP contribution in [0.2, 0.25) is 0 Å². The smallest absolute Gasteiger partial charge is 0.220 e. The van der Waals surface area contributed by atoms with E-state index in [1.807, 2.05) is 12.1 Å². The molecule has 0 bridgehead atoms. The Morgan fingerprint density at radius 1 is 1.13 bits per heavy atom. The summed E-state index contributed by atoms with van der Waals surface area (Å²) >= 11 is 0. The second kappa shape index (κ2) is 8.50. The average Bonchev–Trinajstić information content (AvgIpc) is 3.39. The highest BCUT2D eigenvalue weighted by Crippen LogP contribution is 2.41. The quantitative estimate of drug-likeness (QED) is 0.596. The number of amides is 1. The molecule has 1 heterocycles. The molecule has 1 aliphatic rings. The number of ether oxygens (including phenoxy) is 1. The molecule has 2 aromatic carbocycles. The first kappa shape index (κ1) is 20.5. The van der Waals surface area contributed by atoms with Crippen molar-refractivity contribution >= 4 is 16.9 Å². The number of fused-ring (bicyclic) bond motifs is 1. The lowest BCUT2D eigenvalue weighted by atomic mass is 9.78. The first-order valence-electron chi connectivity index (χ1n) is 10.9. The van der Waals surface area contributed by atoms with E-state index in [9.17, 15) is 4.79 Å². The lowest BCUT2D eigenvalue weighted by Gasteiger charge is -2.30. The summed E-state index contributed by atoms with van der Waals surface area (Å²) in [7, 11) is 1.69. The van der Waals surface area contributed by atoms with Crippen molar-refractivity contribution in [3.05, 3.63) is 58.9 Å². The van der Waals surface area contributed by atoms with Crippen molar-refractivity contribution in [2.24, 2.45) is 0 Å². The van der Waals surface area contributed by atoms with Gasteiger partial charge in [0.25, 0.3) is 0 Å². The first-order valence-corrected chi connectivity index (χ1v) is 10.9. The van der Waals surface area contributed by atoms with Crippen LogP contribution in [-0.2, 0) is 16.6 Å². The van der Waals surface area contributed by atoms with E-state index in [1.165, 1.54) is 29.5 Å². The summed E-state index contributed by atoms with van der Waals surface area (Å²) in [6.45, 7) is 4.89. The normalized spacial score (nSPS) is 15.4. The van der Waals surface area contributed by atoms with Gasteiger partial charge in [0.1, 0.15) is 11.6 Å². The molecule has 4 rings (SSSR count). The third kappa shape index (κ3) is 4.20. The van der Waals surface area contributed by atoms with E-state index >= 15 is 0 Å². The summed E-state index contributed by atoms with van der Waals surface area (Å²) in [4.78, 5) is 20.6. The largest absolute Gasteiger partial charge is 0.497 e. The highest BCUT2D eigenvalue weighted by atomic mass is 16.5. The van der Waals surface area contributed by atoms with Crippen molar-refractivity contribution in [3.63, 3.8) is 0 Å². The fourth-order valence-electron chi connectivity index (χ4n) is 4.59. The minimum absolute atomic E-state index is 0.0380. The standard InChI is InChI=1S/C25H31N3O2/c1-17-14-21-22(15-18(17)2)28-23(27-21)10-11-24(29)26-16-25(12-4-5-13-25)19-6-8-20(30-3)9-7-19/h6-9,14-15H,4-5,10-13,16H2,1-3H3,(H,26,29)(H,27,28). The number of aromatic amines is 1. The zero-order chi connectivity index (χ0) is 21.1. The van der Waals surface area contributed by atoms with E-state index in [4.69, 9.17) is 4.74 Å². The maximum Gasteiger partial charge on any atom is 0.220 e. The Labute approximate surface area is 178 Å². The molecule has 30 heavy (non-hydrogen) atoms. The maximum absolute atomic E-state index is 12.6. The monoisotopic (exact) mass is 405 g/mol. The molecule has 5 heteroatoms. The minimum Gasteiger partial charge on any atom is -0.497 e. The molecule has 158 valence electrons. The number of aromatic nitrogens is 2. The minimum atomic E-state index is 0.0380. The lowest BCUT2D eigenvalue weighted by molar-refractivity contribution is -0.121. The summed E-state index contributed by atoms with van der Waals surface area (Å²) in [5.41, 5.74) is 5.82. The third-order valence-electron chi connectivity index (χ3n) is 6.62. The van der Waals surface area contributed by atoms with Gasteiger partial charge in [-0.1, -0.05) is 25.0 Å². The molecule has 5 nitrogen and oxygen atoms in total. The van der Waals surface area contributed by atoms with Crippen LogP contribution in [-0.4, -0.2) is 29.5 Å². The van der Waals surface area contributed by atoms with Crippen LogP contribution in [0.25, 0.3) is 11.0 Å². The van der Waals surface area contributed by atoms with Gasteiger partial charge in [0.15, 0.2) is 0 Å². The van der Waals surface area contributed by atoms with Crippen LogP contribution in [0.5, 0.6) is 5.75 Å². The molecule has 2 N–H and O–H groups in total. The maximum atomic E-state index is 12.6. The number of H-pyrrole nitrogens is 1. The zero-order valence-corrected chi connectivity index (χ0v) is 18.2. The van der Waals surface area contributed by atoms with E-state index in [0.717, 1.165) is 35.4 Å². The molecule has 1 saturated carbocycles. The molecule has 0 radical (unpaired) electrons. The second-order valence-electron chi connectivity index (χ2n) is 8.63. The number of rotatable bonds is 7. The molecule has 0 spiro atoms. The van der Waals surface area contributed by atoms with Crippen molar-refractivity contribution in [1.82, 2.24) is 15.3 Å². The molecule has 1 amide bonds. The number of nitrogens with one attached hydrogen (secondary N) is 2. The molecule has 1 aromatic heterocycles. The number of aryl methyl sites for hydroxylation is 3. The van der Waals surface area contributed by atoms with Crippen LogP contribution in [0.4, 0.5) is 0 Å². The molecule has 0 aliphatic heterocycles. The number of imidazole rings is 1. The number of hydrogen-bond acceptors (Lipinski definition) is 3. The number of benzene rings is 2. The van der Waals surface area contributed by atoms with Gasteiger partial charge in [-0.15, -0.1) is 0 Å². The average molecular weight is 406 g/mol. The van der Waals surface area contributed by atoms with Crippen molar-refractivity contribution in [3.8, 4) is 5.75 Å². The van der Waals surface area contributed by atoms with E-state index < -0.39 is 0 Å². The molecule has 1 aliphatic carbocycles. The Balaban J connectivity index is 1.37. The van der Waals surface area contributed by atoms with Gasteiger partial charge in [-0.25, -0.2) is 4.98 Å². The van der Waals surface area contributed by atoms with Crippen LogP contribution < -0.4 is 10.1 Å². The molecule has 0 unspecified atom stereocenters. The Kier molecular flexibility index (Phi) is 5.80. The molecule has 0 saturated heterocycles. The first-order chi connectivity index (χ1) is 14.5. The summed E-state index contributed by atoms with van der Waals surface area (Å²) in [6.07, 6.45) is 5.70. The highest BCUT2D eigenvalue weighted by Gasteiger charge is 2.35. The van der Waals surface area contributed by atoms with E-state index in [-0.39, 0.29) is 11.3 Å². The zero-order valence-electron chi connectivity index (χ0n) is 18.2. The van der Waals surface area contributed by atoms with E-state index in [0.29, 0.717) is 19.4 Å². The third-order valence-corrected chi connectivity index (χ3v) is 6.62. The molecule has 0 atom stereocenters. The van der Waals surface area contributed by atoms with Crippen LogP contribution in [0.3, 0.4) is 0 Å². The summed E-state index contributed by atoms with van der Waals surface area (Å²) in [5, 5.41) is 3.20. The number of nitrogens with zero attached hydrogens (tertiary/aromatic N) is 1. The van der Waals surface area contributed by atoms with Gasteiger partial charge in [0.05, 0.1) is 18.1 Å². The van der Waals surface area contributed by atoms with Crippen LogP contribution in [0.15, 0.2) is 36.4 Å². The molecular formula is C25H31N3O2. The van der Waals surface area contributed by atoms with Crippen LogP contribution >= 0.6 is 0 Å². The van der Waals surface area contributed by atoms with Crippen molar-refractivity contribution in [1.29, 1.82) is 0 Å². The highest BCUT2D eigenvalue weighted by molar-refractivity contribution is 5.78. The Morgan fingerprint density at radius 2 is 1.83 bits per heavy atom. The van der Waals surface area contributed by atoms with Gasteiger partial charge in [-0.05, 0) is 67.6 Å². The van der Waals surface area contributed by atoms with Gasteiger partial charge in [-0.2, -0.15) is 0 Å². The van der Waals surface area contributed by atoms with E-state index in [1.54, 1.807) is 7.11 Å². The number of carbonyl (C=O) groups excluding carboxylic acids is 1. The predicted molar refractivity (Wildman–Crippen MR) is 120 cm³/mol. The molecule has 3 aromatic rings. The van der Waals surface area contributed by atoms with Gasteiger partial charge >= 0.3 is 0 Å². The summed E-state index contributed by atoms with van der Waals surface area (Å²) in [5.74, 6) is 1.82. The summed E-state index contributed by atoms with van der Waals surface area (Å²) in [6, 6.07) is 12.6. The topological polar surface area (TPSA) is 67.0 Å². The van der Waals surface area contributed by atoms with Crippen molar-refractivity contribution in [2.75, 3.05) is 13.7 Å². The SMILES string of the molecule is COc1ccc(C2(CNC(=O)CCc3nc4cc(C)c(C)cc4[nH]3)CCCC2)cc1. The Morgan fingerprint density at radius 3 is 2.53 bits per heavy atom. The Hall–Kier alpha value is -2.82. The Bertz CT molecular complexity index is 991. The van der Waals surface area contributed by atoms with Gasteiger partial charge in [0, 0.05) is 24.8 Å². The predicted octanol–water partition coefficient (Wildman–Crippen LogP) is 4.75. The van der Waals surface area contributed by atoms with Crippen LogP contribution in [0.1, 0.15) is 54.6 Å². The van der Waals surface area contributed by atoms with Crippen molar-refractivity contribution < 1.29 is 9.53 Å². The number of methoxy groups -OCH3 is 1. The lowest BCUT2D eigenvalue weighted by Crippen LogP contribution is -2.39. The summed E-state index contributed by atoms with van der Waals surface area (Å²) < 4.78 is 5.29. The number of carbonyl (C=O) groups is 1. The molecule has 1 fully saturated rings. The van der Waals surface area contributed by atoms with E-state index in [2.05, 4.69) is 53.4 Å². The van der Waals surface area contributed by atoms with Gasteiger partial charge < -0.3 is 15.0 Å². The van der Waals surface area contributed by atoms with Crippen molar-refractivity contribution in [2.45, 2.75) is 57.8 Å².